The van der Waals surface area contributed by atoms with Crippen molar-refractivity contribution in [1.29, 1.82) is 0 Å². The third-order valence-corrected chi connectivity index (χ3v) is 5.55. The lowest BCUT2D eigenvalue weighted by Crippen LogP contribution is -2.23. The van der Waals surface area contributed by atoms with E-state index in [-0.39, 0.29) is 5.91 Å². The van der Waals surface area contributed by atoms with Crippen LogP contribution in [-0.2, 0) is 19.8 Å². The fourth-order valence-corrected chi connectivity index (χ4v) is 3.78. The maximum Gasteiger partial charge on any atom is 0.251 e. The van der Waals surface area contributed by atoms with E-state index in [0.717, 1.165) is 11.1 Å². The maximum absolute atomic E-state index is 11.7. The number of carbonyl (C=O) groups excluding carboxylic acids is 1. The summed E-state index contributed by atoms with van der Waals surface area (Å²) in [4.78, 5) is 13.9. The summed E-state index contributed by atoms with van der Waals surface area (Å²) in [7, 11) is 3.64. The zero-order chi connectivity index (χ0) is 22.5. The Morgan fingerprint density at radius 1 is 1.06 bits per heavy atom. The van der Waals surface area contributed by atoms with Crippen molar-refractivity contribution in [3.63, 3.8) is 0 Å². The summed E-state index contributed by atoms with van der Waals surface area (Å²) in [5, 5.41) is 7.40. The van der Waals surface area contributed by atoms with Gasteiger partial charge < -0.3 is 9.73 Å². The predicted molar refractivity (Wildman–Crippen MR) is 126 cm³/mol. The van der Waals surface area contributed by atoms with Crippen LogP contribution < -0.4 is 5.32 Å². The lowest BCUT2D eigenvalue weighted by Gasteiger charge is -2.16. The molecule has 1 amide bonds. The van der Waals surface area contributed by atoms with Gasteiger partial charge in [0, 0.05) is 19.2 Å². The number of amides is 1. The molecule has 0 radical (unpaired) electrons. The number of benzene rings is 2. The second kappa shape index (κ2) is 9.76. The van der Waals surface area contributed by atoms with Gasteiger partial charge in [-0.1, -0.05) is 42.5 Å². The highest BCUT2D eigenvalue weighted by Gasteiger charge is 2.16. The van der Waals surface area contributed by atoms with Crippen molar-refractivity contribution >= 4 is 18.1 Å². The first-order valence-electron chi connectivity index (χ1n) is 10.3. The summed E-state index contributed by atoms with van der Waals surface area (Å²) in [6.07, 6.45) is 1.64. The minimum atomic E-state index is -0.0920. The number of carbonyl (C=O) groups is 1. The molecule has 7 nitrogen and oxygen atoms in total. The third-order valence-electron chi connectivity index (χ3n) is 5.12. The van der Waals surface area contributed by atoms with Gasteiger partial charge in [0.2, 0.25) is 0 Å². The van der Waals surface area contributed by atoms with E-state index in [0.29, 0.717) is 41.7 Å². The van der Waals surface area contributed by atoms with Crippen LogP contribution in [0.4, 0.5) is 0 Å². The largest absolute Gasteiger partial charge is 0.461 e. The van der Waals surface area contributed by atoms with Crippen molar-refractivity contribution in [3.05, 3.63) is 94.5 Å². The zero-order valence-electron chi connectivity index (χ0n) is 18.1. The summed E-state index contributed by atoms with van der Waals surface area (Å²) >= 11 is 5.78. The van der Waals surface area contributed by atoms with Crippen molar-refractivity contribution in [3.8, 4) is 11.6 Å². The van der Waals surface area contributed by atoms with Crippen molar-refractivity contribution in [2.75, 3.05) is 14.1 Å². The van der Waals surface area contributed by atoms with E-state index >= 15 is 0 Å². The van der Waals surface area contributed by atoms with E-state index in [2.05, 4.69) is 22.3 Å². The van der Waals surface area contributed by atoms with Gasteiger partial charge in [0.05, 0.1) is 19.5 Å². The summed E-state index contributed by atoms with van der Waals surface area (Å²) < 4.78 is 10.1. The van der Waals surface area contributed by atoms with Gasteiger partial charge in [-0.2, -0.15) is 0 Å². The van der Waals surface area contributed by atoms with Gasteiger partial charge in [0.25, 0.3) is 5.91 Å². The molecular formula is C24H25N5O2S. The molecule has 4 rings (SSSR count). The Labute approximate surface area is 191 Å². The molecule has 0 bridgehead atoms. The first kappa shape index (κ1) is 21.7. The van der Waals surface area contributed by atoms with Gasteiger partial charge in [0.15, 0.2) is 16.4 Å². The number of furan rings is 1. The van der Waals surface area contributed by atoms with Gasteiger partial charge in [-0.3, -0.25) is 14.3 Å². The fraction of sp³-hybridized carbons (Fsp3) is 0.208. The Bertz CT molecular complexity index is 1230. The maximum atomic E-state index is 11.7. The molecule has 2 aromatic heterocycles. The average Bonchev–Trinajstić information content (AvgIpc) is 3.44. The average molecular weight is 448 g/mol. The molecule has 0 saturated heterocycles. The molecule has 2 heterocycles. The SMILES string of the molecule is CNC(=O)c1ccc(CN(C)Cn2nc(-c3ccco3)n(Cc3ccccc3)c2=S)cc1. The van der Waals surface area contributed by atoms with Crippen molar-refractivity contribution in [2.24, 2.45) is 0 Å². The molecule has 0 aliphatic carbocycles. The number of aromatic nitrogens is 3. The van der Waals surface area contributed by atoms with Gasteiger partial charge in [-0.05, 0) is 54.7 Å². The molecule has 0 unspecified atom stereocenters. The van der Waals surface area contributed by atoms with Crippen LogP contribution in [-0.4, -0.2) is 39.3 Å². The Hall–Kier alpha value is -3.49. The molecule has 1 N–H and O–H groups in total. The molecule has 0 fully saturated rings. The molecule has 0 saturated carbocycles. The van der Waals surface area contributed by atoms with E-state index in [1.807, 2.05) is 70.9 Å². The van der Waals surface area contributed by atoms with E-state index in [1.54, 1.807) is 13.3 Å². The van der Waals surface area contributed by atoms with Crippen LogP contribution in [0.2, 0.25) is 0 Å². The predicted octanol–water partition coefficient (Wildman–Crippen LogP) is 4.17. The highest BCUT2D eigenvalue weighted by atomic mass is 32.1. The Kier molecular flexibility index (Phi) is 6.63. The number of nitrogens with zero attached hydrogens (tertiary/aromatic N) is 4. The van der Waals surface area contributed by atoms with Crippen LogP contribution in [0.25, 0.3) is 11.6 Å². The Morgan fingerprint density at radius 2 is 1.81 bits per heavy atom. The molecule has 0 spiro atoms. The molecule has 0 aliphatic rings. The van der Waals surface area contributed by atoms with Gasteiger partial charge >= 0.3 is 0 Å². The lowest BCUT2D eigenvalue weighted by atomic mass is 10.1. The molecule has 0 aliphatic heterocycles. The fourth-order valence-electron chi connectivity index (χ4n) is 3.53. The number of hydrogen-bond acceptors (Lipinski definition) is 5. The zero-order valence-corrected chi connectivity index (χ0v) is 18.9. The lowest BCUT2D eigenvalue weighted by molar-refractivity contribution is 0.0963. The summed E-state index contributed by atoms with van der Waals surface area (Å²) in [5.74, 6) is 1.29. The molecule has 8 heteroatoms. The van der Waals surface area contributed by atoms with Crippen molar-refractivity contribution in [1.82, 2.24) is 24.6 Å². The monoisotopic (exact) mass is 447 g/mol. The number of nitrogens with one attached hydrogen (secondary N) is 1. The van der Waals surface area contributed by atoms with E-state index in [1.165, 1.54) is 0 Å². The number of hydrogen-bond donors (Lipinski definition) is 1. The molecule has 2 aromatic carbocycles. The van der Waals surface area contributed by atoms with Crippen LogP contribution in [0.5, 0.6) is 0 Å². The van der Waals surface area contributed by atoms with Crippen LogP contribution in [0.3, 0.4) is 0 Å². The van der Waals surface area contributed by atoms with Gasteiger partial charge in [-0.15, -0.1) is 5.10 Å². The minimum absolute atomic E-state index is 0.0920. The third kappa shape index (κ3) is 4.87. The first-order chi connectivity index (χ1) is 15.5. The van der Waals surface area contributed by atoms with Crippen LogP contribution in [0.15, 0.2) is 77.4 Å². The van der Waals surface area contributed by atoms with Gasteiger partial charge in [0.1, 0.15) is 0 Å². The van der Waals surface area contributed by atoms with Crippen molar-refractivity contribution < 1.29 is 9.21 Å². The number of rotatable bonds is 8. The molecule has 0 atom stereocenters. The van der Waals surface area contributed by atoms with Crippen molar-refractivity contribution in [2.45, 2.75) is 19.8 Å². The van der Waals surface area contributed by atoms with Crippen LogP contribution in [0, 0.1) is 4.77 Å². The molecule has 32 heavy (non-hydrogen) atoms. The first-order valence-corrected chi connectivity index (χ1v) is 10.7. The summed E-state index contributed by atoms with van der Waals surface area (Å²) in [6, 6.07) is 21.5. The summed E-state index contributed by atoms with van der Waals surface area (Å²) in [6.45, 7) is 1.82. The smallest absolute Gasteiger partial charge is 0.251 e. The normalized spacial score (nSPS) is 11.1. The molecule has 4 aromatic rings. The Morgan fingerprint density at radius 3 is 2.47 bits per heavy atom. The van der Waals surface area contributed by atoms with E-state index in [4.69, 9.17) is 21.7 Å². The van der Waals surface area contributed by atoms with Gasteiger partial charge in [-0.25, -0.2) is 4.68 Å². The quantitative estimate of drug-likeness (QED) is 0.411. The standard InChI is InChI=1S/C24H25N5O2S/c1-25-23(30)20-12-10-19(11-13-20)15-27(2)17-29-24(32)28(16-18-7-4-3-5-8-18)22(26-29)21-9-6-14-31-21/h3-14H,15-17H2,1-2H3,(H,25,30). The van der Waals surface area contributed by atoms with E-state index < -0.39 is 0 Å². The van der Waals surface area contributed by atoms with Crippen LogP contribution >= 0.6 is 12.2 Å². The minimum Gasteiger partial charge on any atom is -0.461 e. The second-order valence-corrected chi connectivity index (χ2v) is 7.95. The highest BCUT2D eigenvalue weighted by molar-refractivity contribution is 7.71. The van der Waals surface area contributed by atoms with Crippen LogP contribution in [0.1, 0.15) is 21.5 Å². The molecule has 164 valence electrons. The second-order valence-electron chi connectivity index (χ2n) is 7.59. The Balaban J connectivity index is 1.55. The van der Waals surface area contributed by atoms with E-state index in [9.17, 15) is 4.79 Å². The summed E-state index contributed by atoms with van der Waals surface area (Å²) in [5.41, 5.74) is 2.88. The topological polar surface area (TPSA) is 68.2 Å². The molecular weight excluding hydrogens is 422 g/mol. The highest BCUT2D eigenvalue weighted by Crippen LogP contribution is 2.20.